The van der Waals surface area contributed by atoms with Crippen molar-refractivity contribution in [2.45, 2.75) is 0 Å². The van der Waals surface area contributed by atoms with Crippen molar-refractivity contribution in [2.75, 3.05) is 0 Å². The third-order valence-electron chi connectivity index (χ3n) is 20.8. The summed E-state index contributed by atoms with van der Waals surface area (Å²) in [7, 11) is 0. The molecule has 4 N–H and O–H groups in total. The summed E-state index contributed by atoms with van der Waals surface area (Å²) in [4.78, 5) is 24.8. The third kappa shape index (κ3) is 13.7. The van der Waals surface area contributed by atoms with Gasteiger partial charge in [0.05, 0.1) is 90.1 Å². The first-order valence-corrected chi connectivity index (χ1v) is 36.2. The van der Waals surface area contributed by atoms with Crippen LogP contribution in [0.15, 0.2) is 164 Å². The maximum absolute atomic E-state index is 16.9. The van der Waals surface area contributed by atoms with E-state index in [2.05, 4.69) is 39.9 Å². The monoisotopic (exact) mass is 1880 g/mol. The molecule has 17 rings (SSSR count). The standard InChI is InChI=1S/C88H24F36N8/c89-21-17-23(91)43(24(92)18-21)45-27-1-5-31(125-27)47(53-59(95)71(107)83(119)72(108)60(53)96)35-9-13-39(129-35)51(57-67(103)79(115)87(123)80(116)68(57)104)40-15-11-37(131-40)49(55-63(99)75(111)85(121)76(112)64(55)100)33-7-3-29(127-33)46(44-25(93)19-22(90)20-26(44)94)30-4-8-34(128-30)50(56-65(101)77(113)86(122)78(114)66(56)102)38-12-16-42(132-38)52(58-69(105)81(117)88(124)82(118)70(58)106)41-14-10-36(130-41)48(32-6-2-28(45)126-32)54-61(97)73(109)84(120)74(110)62(54)98/h1-20,125,128,130-131H. The summed E-state index contributed by atoms with van der Waals surface area (Å²) in [6.07, 6.45) is 3.18. The molecule has 8 nitrogen and oxygen atoms in total. The first-order valence-electron chi connectivity index (χ1n) is 36.2. The molecule has 8 aromatic carbocycles. The van der Waals surface area contributed by atoms with E-state index in [1.165, 1.54) is 0 Å². The van der Waals surface area contributed by atoms with Gasteiger partial charge in [-0.25, -0.2) is 178 Å². The van der Waals surface area contributed by atoms with E-state index in [1.54, 1.807) is 0 Å². The molecular formula is C88H24F36N8. The summed E-state index contributed by atoms with van der Waals surface area (Å²) >= 11 is 0. The Kier molecular flexibility index (Phi) is 21.6. The highest BCUT2D eigenvalue weighted by atomic mass is 19.2. The largest absolute Gasteiger partial charge is 0.354 e. The number of aliphatic imine (C=N–C) groups is 4. The van der Waals surface area contributed by atoms with Crippen LogP contribution in [0.25, 0.3) is 44.6 Å². The summed E-state index contributed by atoms with van der Waals surface area (Å²) in [5.74, 6) is -99.1. The van der Waals surface area contributed by atoms with Gasteiger partial charge in [0, 0.05) is 113 Å². The van der Waals surface area contributed by atoms with Crippen molar-refractivity contribution in [1.29, 1.82) is 0 Å². The molecular weight excluding hydrogens is 1850 g/mol. The second-order valence-corrected chi connectivity index (χ2v) is 28.2. The molecule has 0 fully saturated rings. The van der Waals surface area contributed by atoms with Gasteiger partial charge in [-0.1, -0.05) is 0 Å². The SMILES string of the molecule is Fc1cc(F)c(C2=c3ccc([nH]3)=C(c3c(F)c(F)c(F)c(F)c3F)C3=NC(=C(c4c(F)c(F)c(F)c(F)c4F)c4ccc([nH]4)C(c4c(F)c(F)c(F)c(F)c4F)=C4C=CC(=N4)C(c4c(F)cc(F)cc4F)=c4ccc([nH]4)=C(c4c(F)c(F)c(F)c(F)c4F)C4=NC(=C(c5c(F)c(F)c(F)c(F)c5F)c5ccc([nH]5)C(c5c(F)c(F)c(F)c(F)c5F)=C5C=CC2=N5)C=C4)C=C3)c(F)c1. The summed E-state index contributed by atoms with van der Waals surface area (Å²) < 4.78 is 581. The number of aromatic nitrogens is 4. The average Bonchev–Trinajstić information content (AvgIpc) is 1.57. The Labute approximate surface area is 705 Å². The lowest BCUT2D eigenvalue weighted by Crippen LogP contribution is -2.23. The zero-order valence-electron chi connectivity index (χ0n) is 62.9. The quantitative estimate of drug-likeness (QED) is 0.0660. The Morgan fingerprint density at radius 3 is 0.477 bits per heavy atom. The number of H-pyrrole nitrogens is 4. The zero-order valence-corrected chi connectivity index (χ0v) is 62.9. The van der Waals surface area contributed by atoms with E-state index in [1.807, 2.05) is 0 Å². The smallest absolute Gasteiger partial charge is 0.200 e. The van der Waals surface area contributed by atoms with E-state index in [9.17, 15) is 0 Å². The van der Waals surface area contributed by atoms with Gasteiger partial charge in [-0.05, 0) is 97.1 Å². The summed E-state index contributed by atoms with van der Waals surface area (Å²) in [5.41, 5.74) is -44.8. The van der Waals surface area contributed by atoms with Gasteiger partial charge >= 0.3 is 0 Å². The van der Waals surface area contributed by atoms with E-state index in [0.29, 0.717) is 97.1 Å². The van der Waals surface area contributed by atoms with Gasteiger partial charge in [-0.3, -0.25) is 0 Å². The normalized spacial score (nSPS) is 14.7. The number of nitrogens with one attached hydrogen (secondary N) is 4. The van der Waals surface area contributed by atoms with Crippen molar-refractivity contribution in [3.63, 3.8) is 0 Å². The number of rotatable bonds is 8. The Morgan fingerprint density at radius 2 is 0.303 bits per heavy atom. The van der Waals surface area contributed by atoms with E-state index in [-0.39, 0.29) is 24.3 Å². The third-order valence-corrected chi connectivity index (χ3v) is 20.8. The van der Waals surface area contributed by atoms with Gasteiger partial charge in [-0.15, -0.1) is 0 Å². The molecule has 0 spiro atoms. The second kappa shape index (κ2) is 32.3. The molecule has 0 saturated heterocycles. The molecule has 9 heterocycles. The summed E-state index contributed by atoms with van der Waals surface area (Å²) in [6.45, 7) is 0. The van der Waals surface area contributed by atoms with Crippen LogP contribution in [0.3, 0.4) is 0 Å². The van der Waals surface area contributed by atoms with E-state index < -0.39 is 388 Å². The fraction of sp³-hybridized carbons (Fsp3) is 0. The van der Waals surface area contributed by atoms with Gasteiger partial charge in [-0.2, -0.15) is 0 Å². The van der Waals surface area contributed by atoms with E-state index in [0.717, 1.165) is 0 Å². The van der Waals surface area contributed by atoms with Crippen molar-refractivity contribution < 1.29 is 158 Å². The fourth-order valence-electron chi connectivity index (χ4n) is 15.0. The van der Waals surface area contributed by atoms with E-state index >= 15 is 158 Å². The lowest BCUT2D eigenvalue weighted by molar-refractivity contribution is 0.376. The molecule has 5 aliphatic heterocycles. The predicted octanol–water partition coefficient (Wildman–Crippen LogP) is 21.0. The van der Waals surface area contributed by atoms with Crippen LogP contribution in [0.4, 0.5) is 158 Å². The Balaban J connectivity index is 1.07. The van der Waals surface area contributed by atoms with Crippen LogP contribution in [0.5, 0.6) is 0 Å². The average molecular weight is 1880 g/mol. The topological polar surface area (TPSA) is 113 Å². The van der Waals surface area contributed by atoms with Crippen LogP contribution >= 0.6 is 0 Å². The number of aromatic amines is 4. The van der Waals surface area contributed by atoms with Crippen molar-refractivity contribution in [3.05, 3.63) is 442 Å². The number of benzene rings is 8. The minimum absolute atomic E-state index is 0.106. The van der Waals surface area contributed by atoms with Gasteiger partial charge < -0.3 is 19.9 Å². The summed E-state index contributed by atoms with van der Waals surface area (Å²) in [6, 6.07) is 2.99. The lowest BCUT2D eigenvalue weighted by atomic mass is 9.98. The first kappa shape index (κ1) is 88.5. The van der Waals surface area contributed by atoms with Crippen LogP contribution in [-0.2, 0) is 0 Å². The van der Waals surface area contributed by atoms with E-state index in [4.69, 9.17) is 0 Å². The maximum Gasteiger partial charge on any atom is 0.200 e. The van der Waals surface area contributed by atoms with Gasteiger partial charge in [0.25, 0.3) is 0 Å². The highest BCUT2D eigenvalue weighted by Gasteiger charge is 2.42. The Bertz CT molecular complexity index is 7380. The molecule has 668 valence electrons. The highest BCUT2D eigenvalue weighted by molar-refractivity contribution is 6.33. The Hall–Kier alpha value is -15.6. The maximum atomic E-state index is 16.9. The second-order valence-electron chi connectivity index (χ2n) is 28.2. The van der Waals surface area contributed by atoms with Gasteiger partial charge in [0.1, 0.15) is 34.9 Å². The van der Waals surface area contributed by atoms with Crippen molar-refractivity contribution in [1.82, 2.24) is 19.9 Å². The highest BCUT2D eigenvalue weighted by Crippen LogP contribution is 2.47. The fourth-order valence-corrected chi connectivity index (χ4v) is 15.0. The minimum atomic E-state index is -2.97. The molecule has 0 unspecified atom stereocenters. The number of hydrogen-bond acceptors (Lipinski definition) is 4. The van der Waals surface area contributed by atoms with Crippen molar-refractivity contribution >= 4 is 67.4 Å². The van der Waals surface area contributed by atoms with Crippen LogP contribution in [0.2, 0.25) is 0 Å². The molecule has 0 amide bonds. The number of fused-ring (bicyclic) bond motifs is 12. The van der Waals surface area contributed by atoms with Gasteiger partial charge in [0.15, 0.2) is 140 Å². The predicted molar refractivity (Wildman–Crippen MR) is 392 cm³/mol. The molecule has 44 heteroatoms. The molecule has 0 aliphatic carbocycles. The molecule has 0 saturated carbocycles. The number of hydrogen-bond donors (Lipinski definition) is 4. The molecule has 5 aliphatic rings. The summed E-state index contributed by atoms with van der Waals surface area (Å²) in [5, 5.41) is -4.70. The van der Waals surface area contributed by atoms with Crippen LogP contribution in [-0.4, -0.2) is 42.8 Å². The molecule has 12 aromatic rings. The van der Waals surface area contributed by atoms with Crippen molar-refractivity contribution in [3.8, 4) is 0 Å². The molecule has 132 heavy (non-hydrogen) atoms. The van der Waals surface area contributed by atoms with Crippen molar-refractivity contribution in [2.24, 2.45) is 20.0 Å². The number of allylic oxidation sites excluding steroid dienone is 8. The first-order chi connectivity index (χ1) is 62.4. The molecule has 0 atom stereocenters. The number of halogens is 36. The lowest BCUT2D eigenvalue weighted by Gasteiger charge is -2.15. The Morgan fingerprint density at radius 1 is 0.152 bits per heavy atom. The molecule has 0 radical (unpaired) electrons. The minimum Gasteiger partial charge on any atom is -0.354 e. The van der Waals surface area contributed by atoms with Gasteiger partial charge in [0.2, 0.25) is 34.9 Å². The van der Waals surface area contributed by atoms with Crippen LogP contribution in [0.1, 0.15) is 67.3 Å². The molecule has 4 aromatic heterocycles. The number of nitrogens with zero attached hydrogens (tertiary/aromatic N) is 4. The molecule has 16 bridgehead atoms. The van der Waals surface area contributed by atoms with Crippen LogP contribution < -0.4 is 21.4 Å². The zero-order chi connectivity index (χ0) is 95.1. The van der Waals surface area contributed by atoms with Crippen LogP contribution in [0, 0.1) is 209 Å².